The molecule has 98 valence electrons. The molecule has 0 radical (unpaired) electrons. The zero-order valence-corrected chi connectivity index (χ0v) is 10.4. The van der Waals surface area contributed by atoms with Crippen LogP contribution in [0.2, 0.25) is 0 Å². The Morgan fingerprint density at radius 3 is 2.78 bits per heavy atom. The van der Waals surface area contributed by atoms with Gasteiger partial charge in [-0.25, -0.2) is 0 Å². The molecule has 0 aromatic carbocycles. The van der Waals surface area contributed by atoms with Gasteiger partial charge in [0.05, 0.1) is 6.10 Å². The molecular weight excluding hydrogens is 232 g/mol. The van der Waals surface area contributed by atoms with Gasteiger partial charge < -0.3 is 9.26 Å². The van der Waals surface area contributed by atoms with Gasteiger partial charge in [0.15, 0.2) is 5.82 Å². The molecule has 0 spiro atoms. The lowest BCUT2D eigenvalue weighted by Crippen LogP contribution is -2.13. The van der Waals surface area contributed by atoms with E-state index in [0.29, 0.717) is 24.5 Å². The Morgan fingerprint density at radius 2 is 2.06 bits per heavy atom. The standard InChI is InChI=1S/C13H18N2O3/c16-10-5-3-9(4-6-10)13-14-12(15-18-13)8-11-2-1-7-17-11/h9,11H,1-8H2. The second-order valence-corrected chi connectivity index (χ2v) is 5.20. The number of ether oxygens (including phenoxy) is 1. The molecule has 0 N–H and O–H groups in total. The molecule has 1 aromatic heterocycles. The van der Waals surface area contributed by atoms with Crippen LogP contribution in [0.5, 0.6) is 0 Å². The fraction of sp³-hybridized carbons (Fsp3) is 0.769. The van der Waals surface area contributed by atoms with Crippen LogP contribution >= 0.6 is 0 Å². The first-order chi connectivity index (χ1) is 8.81. The van der Waals surface area contributed by atoms with Crippen molar-refractivity contribution in [3.63, 3.8) is 0 Å². The molecule has 1 unspecified atom stereocenters. The molecule has 1 aliphatic carbocycles. The lowest BCUT2D eigenvalue weighted by atomic mass is 9.88. The number of hydrogen-bond acceptors (Lipinski definition) is 5. The largest absolute Gasteiger partial charge is 0.378 e. The van der Waals surface area contributed by atoms with Gasteiger partial charge in [-0.2, -0.15) is 4.98 Å². The Morgan fingerprint density at radius 1 is 1.22 bits per heavy atom. The van der Waals surface area contributed by atoms with Gasteiger partial charge in [0.1, 0.15) is 5.78 Å². The van der Waals surface area contributed by atoms with E-state index < -0.39 is 0 Å². The Labute approximate surface area is 106 Å². The van der Waals surface area contributed by atoms with E-state index in [4.69, 9.17) is 9.26 Å². The third kappa shape index (κ3) is 2.61. The van der Waals surface area contributed by atoms with Crippen LogP contribution in [0.25, 0.3) is 0 Å². The first-order valence-corrected chi connectivity index (χ1v) is 6.77. The minimum absolute atomic E-state index is 0.253. The second kappa shape index (κ2) is 5.18. The highest BCUT2D eigenvalue weighted by atomic mass is 16.5. The number of ketones is 1. The number of aromatic nitrogens is 2. The van der Waals surface area contributed by atoms with Crippen molar-refractivity contribution in [1.82, 2.24) is 10.1 Å². The lowest BCUT2D eigenvalue weighted by Gasteiger charge is -2.16. The summed E-state index contributed by atoms with van der Waals surface area (Å²) >= 11 is 0. The highest BCUT2D eigenvalue weighted by Crippen LogP contribution is 2.30. The Hall–Kier alpha value is -1.23. The zero-order chi connectivity index (χ0) is 12.4. The summed E-state index contributed by atoms with van der Waals surface area (Å²) < 4.78 is 10.9. The molecule has 3 rings (SSSR count). The van der Waals surface area contributed by atoms with Crippen LogP contribution in [-0.4, -0.2) is 28.6 Å². The molecule has 0 bridgehead atoms. The minimum atomic E-state index is 0.253. The molecule has 5 nitrogen and oxygen atoms in total. The summed E-state index contributed by atoms with van der Waals surface area (Å²) in [5.74, 6) is 2.07. The summed E-state index contributed by atoms with van der Waals surface area (Å²) in [7, 11) is 0. The van der Waals surface area contributed by atoms with Crippen LogP contribution in [0.1, 0.15) is 56.2 Å². The van der Waals surface area contributed by atoms with E-state index in [9.17, 15) is 4.79 Å². The number of rotatable bonds is 3. The summed E-state index contributed by atoms with van der Waals surface area (Å²) in [6.07, 6.45) is 6.20. The van der Waals surface area contributed by atoms with Crippen LogP contribution in [0.4, 0.5) is 0 Å². The SMILES string of the molecule is O=C1CCC(c2nc(CC3CCCO3)no2)CC1. The number of carbonyl (C=O) groups is 1. The van der Waals surface area contributed by atoms with Crippen molar-refractivity contribution >= 4 is 5.78 Å². The molecule has 1 aromatic rings. The van der Waals surface area contributed by atoms with Gasteiger partial charge in [-0.15, -0.1) is 0 Å². The Kier molecular flexibility index (Phi) is 3.41. The maximum Gasteiger partial charge on any atom is 0.229 e. The van der Waals surface area contributed by atoms with E-state index >= 15 is 0 Å². The Balaban J connectivity index is 1.60. The summed E-state index contributed by atoms with van der Waals surface area (Å²) in [6, 6.07) is 0. The molecule has 1 saturated carbocycles. The van der Waals surface area contributed by atoms with Gasteiger partial charge >= 0.3 is 0 Å². The molecule has 2 heterocycles. The van der Waals surface area contributed by atoms with Crippen LogP contribution in [0.3, 0.4) is 0 Å². The maximum atomic E-state index is 11.2. The van der Waals surface area contributed by atoms with Crippen molar-refractivity contribution < 1.29 is 14.1 Å². The predicted octanol–water partition coefficient (Wildman–Crippen LogP) is 2.02. The van der Waals surface area contributed by atoms with E-state index in [1.54, 1.807) is 0 Å². The van der Waals surface area contributed by atoms with E-state index in [0.717, 1.165) is 44.5 Å². The van der Waals surface area contributed by atoms with Gasteiger partial charge in [0, 0.05) is 31.8 Å². The van der Waals surface area contributed by atoms with E-state index in [2.05, 4.69) is 10.1 Å². The molecule has 5 heteroatoms. The maximum absolute atomic E-state index is 11.2. The van der Waals surface area contributed by atoms with Crippen molar-refractivity contribution in [2.45, 2.75) is 57.0 Å². The fourth-order valence-corrected chi connectivity index (χ4v) is 2.71. The molecule has 0 amide bonds. The van der Waals surface area contributed by atoms with Crippen LogP contribution in [-0.2, 0) is 16.0 Å². The average Bonchev–Trinajstić information content (AvgIpc) is 3.02. The molecule has 2 fully saturated rings. The summed E-state index contributed by atoms with van der Waals surface area (Å²) in [6.45, 7) is 0.847. The number of hydrogen-bond donors (Lipinski definition) is 0. The molecule has 1 saturated heterocycles. The van der Waals surface area contributed by atoms with Crippen LogP contribution in [0.15, 0.2) is 4.52 Å². The molecule has 2 aliphatic rings. The van der Waals surface area contributed by atoms with Gasteiger partial charge in [0.2, 0.25) is 5.89 Å². The lowest BCUT2D eigenvalue weighted by molar-refractivity contribution is -0.120. The first-order valence-electron chi connectivity index (χ1n) is 6.77. The molecule has 18 heavy (non-hydrogen) atoms. The number of carbonyl (C=O) groups excluding carboxylic acids is 1. The normalized spacial score (nSPS) is 25.8. The summed E-state index contributed by atoms with van der Waals surface area (Å²) in [5.41, 5.74) is 0. The van der Waals surface area contributed by atoms with Crippen LogP contribution in [0, 0.1) is 0 Å². The number of Topliss-reactive ketones (excluding diaryl/α,β-unsaturated/α-hetero) is 1. The van der Waals surface area contributed by atoms with Gasteiger partial charge in [0.25, 0.3) is 0 Å². The molecular formula is C13H18N2O3. The quantitative estimate of drug-likeness (QED) is 0.821. The van der Waals surface area contributed by atoms with E-state index in [1.807, 2.05) is 0 Å². The Bertz CT molecular complexity index is 414. The molecule has 1 aliphatic heterocycles. The smallest absolute Gasteiger partial charge is 0.229 e. The fourth-order valence-electron chi connectivity index (χ4n) is 2.71. The van der Waals surface area contributed by atoms with Crippen molar-refractivity contribution in [3.8, 4) is 0 Å². The van der Waals surface area contributed by atoms with Crippen molar-refractivity contribution in [3.05, 3.63) is 11.7 Å². The highest BCUT2D eigenvalue weighted by Gasteiger charge is 2.26. The van der Waals surface area contributed by atoms with Crippen molar-refractivity contribution in [2.75, 3.05) is 6.61 Å². The third-order valence-electron chi connectivity index (χ3n) is 3.81. The van der Waals surface area contributed by atoms with Crippen LogP contribution < -0.4 is 0 Å². The first kappa shape index (κ1) is 11.8. The van der Waals surface area contributed by atoms with Crippen molar-refractivity contribution in [1.29, 1.82) is 0 Å². The van der Waals surface area contributed by atoms with Crippen molar-refractivity contribution in [2.24, 2.45) is 0 Å². The average molecular weight is 250 g/mol. The van der Waals surface area contributed by atoms with Gasteiger partial charge in [-0.1, -0.05) is 5.16 Å². The predicted molar refractivity (Wildman–Crippen MR) is 63.2 cm³/mol. The number of nitrogens with zero attached hydrogens (tertiary/aromatic N) is 2. The van der Waals surface area contributed by atoms with Gasteiger partial charge in [-0.05, 0) is 25.7 Å². The van der Waals surface area contributed by atoms with Gasteiger partial charge in [-0.3, -0.25) is 4.79 Å². The second-order valence-electron chi connectivity index (χ2n) is 5.20. The summed E-state index contributed by atoms with van der Waals surface area (Å²) in [5, 5.41) is 4.02. The summed E-state index contributed by atoms with van der Waals surface area (Å²) in [4.78, 5) is 15.6. The highest BCUT2D eigenvalue weighted by molar-refractivity contribution is 5.79. The third-order valence-corrected chi connectivity index (χ3v) is 3.81. The van der Waals surface area contributed by atoms with E-state index in [-0.39, 0.29) is 12.0 Å². The topological polar surface area (TPSA) is 65.2 Å². The monoisotopic (exact) mass is 250 g/mol. The molecule has 1 atom stereocenters. The van der Waals surface area contributed by atoms with E-state index in [1.165, 1.54) is 0 Å². The minimum Gasteiger partial charge on any atom is -0.378 e. The zero-order valence-electron chi connectivity index (χ0n) is 10.4.